The van der Waals surface area contributed by atoms with E-state index in [9.17, 15) is 0 Å². The molecule has 3 N–H and O–H groups in total. The highest BCUT2D eigenvalue weighted by molar-refractivity contribution is 5.83. The molecule has 1 unspecified atom stereocenters. The molecule has 5 nitrogen and oxygen atoms in total. The number of hydrogen-bond donors (Lipinski definition) is 2. The normalized spacial score (nSPS) is 19.1. The van der Waals surface area contributed by atoms with Crippen LogP contribution in [0.25, 0.3) is 10.9 Å². The molecule has 3 rings (SSSR count). The van der Waals surface area contributed by atoms with Gasteiger partial charge in [0.25, 0.3) is 0 Å². The number of nitrogens with one attached hydrogen (secondary N) is 1. The van der Waals surface area contributed by atoms with Gasteiger partial charge in [-0.05, 0) is 44.5 Å². The molecule has 1 fully saturated rings. The Morgan fingerprint density at radius 2 is 2.29 bits per heavy atom. The van der Waals surface area contributed by atoms with Gasteiger partial charge in [0.2, 0.25) is 0 Å². The third kappa shape index (κ3) is 2.80. The van der Waals surface area contributed by atoms with Gasteiger partial charge in [0.15, 0.2) is 0 Å². The van der Waals surface area contributed by atoms with Crippen LogP contribution >= 0.6 is 0 Å². The minimum Gasteiger partial charge on any atom is -0.497 e. The van der Waals surface area contributed by atoms with E-state index in [-0.39, 0.29) is 0 Å². The van der Waals surface area contributed by atoms with Crippen molar-refractivity contribution in [1.82, 2.24) is 9.88 Å². The molecule has 2 heterocycles. The standard InChI is InChI=1S/C16H22N4O/c1-11-4-3-7-20(11)10-13-8-12-5-6-14(21-2)9-15(12)18-16(13)19-17/h5-6,8-9,11H,3-4,7,10,17H2,1-2H3,(H,18,19). The molecule has 1 aliphatic rings. The molecule has 1 atom stereocenters. The number of anilines is 1. The molecule has 21 heavy (non-hydrogen) atoms. The van der Waals surface area contributed by atoms with Crippen LogP contribution in [0.1, 0.15) is 25.3 Å². The van der Waals surface area contributed by atoms with Crippen molar-refractivity contribution in [3.05, 3.63) is 29.8 Å². The highest BCUT2D eigenvalue weighted by atomic mass is 16.5. The van der Waals surface area contributed by atoms with Crippen molar-refractivity contribution in [2.45, 2.75) is 32.4 Å². The number of fused-ring (bicyclic) bond motifs is 1. The molecule has 1 aromatic heterocycles. The number of hydrogen-bond acceptors (Lipinski definition) is 5. The van der Waals surface area contributed by atoms with E-state index >= 15 is 0 Å². The molecular formula is C16H22N4O. The lowest BCUT2D eigenvalue weighted by atomic mass is 10.1. The van der Waals surface area contributed by atoms with E-state index in [1.54, 1.807) is 7.11 Å². The average Bonchev–Trinajstić information content (AvgIpc) is 2.91. The van der Waals surface area contributed by atoms with E-state index in [4.69, 9.17) is 10.6 Å². The van der Waals surface area contributed by atoms with Crippen LogP contribution in [0.15, 0.2) is 24.3 Å². The van der Waals surface area contributed by atoms with E-state index in [0.717, 1.165) is 41.1 Å². The largest absolute Gasteiger partial charge is 0.497 e. The van der Waals surface area contributed by atoms with Crippen LogP contribution in [-0.2, 0) is 6.54 Å². The number of methoxy groups -OCH3 is 1. The molecule has 5 heteroatoms. The Morgan fingerprint density at radius 1 is 1.43 bits per heavy atom. The SMILES string of the molecule is COc1ccc2cc(CN3CCCC3C)c(NN)nc2c1. The maximum absolute atomic E-state index is 5.66. The van der Waals surface area contributed by atoms with E-state index in [1.165, 1.54) is 12.8 Å². The van der Waals surface area contributed by atoms with Gasteiger partial charge < -0.3 is 10.2 Å². The zero-order valence-corrected chi connectivity index (χ0v) is 12.6. The highest BCUT2D eigenvalue weighted by Crippen LogP contribution is 2.27. The second kappa shape index (κ2) is 5.87. The summed E-state index contributed by atoms with van der Waals surface area (Å²) in [6.07, 6.45) is 2.54. The summed E-state index contributed by atoms with van der Waals surface area (Å²) in [6, 6.07) is 8.72. The van der Waals surface area contributed by atoms with Crippen molar-refractivity contribution in [2.75, 3.05) is 19.1 Å². The van der Waals surface area contributed by atoms with Crippen LogP contribution in [0.2, 0.25) is 0 Å². The Morgan fingerprint density at radius 3 is 2.95 bits per heavy atom. The molecule has 1 aliphatic heterocycles. The minimum absolute atomic E-state index is 0.627. The van der Waals surface area contributed by atoms with Crippen molar-refractivity contribution in [3.63, 3.8) is 0 Å². The fourth-order valence-electron chi connectivity index (χ4n) is 3.01. The maximum atomic E-state index is 5.66. The third-order valence-electron chi connectivity index (χ3n) is 4.30. The Bertz CT molecular complexity index is 643. The molecule has 0 amide bonds. The predicted octanol–water partition coefficient (Wildman–Crippen LogP) is 2.51. The van der Waals surface area contributed by atoms with Crippen LogP contribution in [0, 0.1) is 0 Å². The topological polar surface area (TPSA) is 63.4 Å². The molecule has 0 aliphatic carbocycles. The summed E-state index contributed by atoms with van der Waals surface area (Å²) in [4.78, 5) is 7.11. The van der Waals surface area contributed by atoms with Crippen molar-refractivity contribution >= 4 is 16.7 Å². The van der Waals surface area contributed by atoms with Crippen molar-refractivity contribution in [3.8, 4) is 5.75 Å². The van der Waals surface area contributed by atoms with Crippen molar-refractivity contribution < 1.29 is 4.74 Å². The van der Waals surface area contributed by atoms with Gasteiger partial charge >= 0.3 is 0 Å². The zero-order chi connectivity index (χ0) is 14.8. The van der Waals surface area contributed by atoms with Gasteiger partial charge in [-0.2, -0.15) is 0 Å². The van der Waals surface area contributed by atoms with E-state index < -0.39 is 0 Å². The van der Waals surface area contributed by atoms with Crippen molar-refractivity contribution in [2.24, 2.45) is 5.84 Å². The van der Waals surface area contributed by atoms with Crippen LogP contribution in [-0.4, -0.2) is 29.6 Å². The van der Waals surface area contributed by atoms with E-state index in [0.29, 0.717) is 6.04 Å². The average molecular weight is 286 g/mol. The lowest BCUT2D eigenvalue weighted by molar-refractivity contribution is 0.260. The number of rotatable bonds is 4. The number of nitrogen functional groups attached to an aromatic ring is 1. The molecule has 1 aromatic carbocycles. The van der Waals surface area contributed by atoms with Gasteiger partial charge in [-0.25, -0.2) is 10.8 Å². The Kier molecular flexibility index (Phi) is 3.94. The summed E-state index contributed by atoms with van der Waals surface area (Å²) in [7, 11) is 1.66. The molecule has 0 saturated carbocycles. The summed E-state index contributed by atoms with van der Waals surface area (Å²) < 4.78 is 5.25. The number of pyridine rings is 1. The van der Waals surface area contributed by atoms with Gasteiger partial charge in [0, 0.05) is 29.6 Å². The molecule has 112 valence electrons. The predicted molar refractivity (Wildman–Crippen MR) is 85.2 cm³/mol. The van der Waals surface area contributed by atoms with Crippen LogP contribution in [0.4, 0.5) is 5.82 Å². The third-order valence-corrected chi connectivity index (χ3v) is 4.30. The van der Waals surface area contributed by atoms with Crippen LogP contribution in [0.3, 0.4) is 0 Å². The number of nitrogens with zero attached hydrogens (tertiary/aromatic N) is 2. The molecule has 2 aromatic rings. The maximum Gasteiger partial charge on any atom is 0.145 e. The van der Waals surface area contributed by atoms with Crippen molar-refractivity contribution in [1.29, 1.82) is 0 Å². The second-order valence-electron chi connectivity index (χ2n) is 5.66. The highest BCUT2D eigenvalue weighted by Gasteiger charge is 2.21. The molecule has 0 radical (unpaired) electrons. The summed E-state index contributed by atoms with van der Waals surface area (Å²) in [6.45, 7) is 4.31. The molecule has 0 spiro atoms. The van der Waals surface area contributed by atoms with Gasteiger partial charge in [0.05, 0.1) is 12.6 Å². The quantitative estimate of drug-likeness (QED) is 0.668. The van der Waals surface area contributed by atoms with Crippen LogP contribution < -0.4 is 16.0 Å². The lowest BCUT2D eigenvalue weighted by Crippen LogP contribution is -2.27. The van der Waals surface area contributed by atoms with E-state index in [1.807, 2.05) is 18.2 Å². The first-order valence-corrected chi connectivity index (χ1v) is 7.39. The number of ether oxygens (including phenoxy) is 1. The Balaban J connectivity index is 1.97. The van der Waals surface area contributed by atoms with Gasteiger partial charge in [-0.3, -0.25) is 4.90 Å². The Labute approximate surface area is 125 Å². The van der Waals surface area contributed by atoms with Crippen LogP contribution in [0.5, 0.6) is 5.75 Å². The molecular weight excluding hydrogens is 264 g/mol. The smallest absolute Gasteiger partial charge is 0.145 e. The number of likely N-dealkylation sites (tertiary alicyclic amines) is 1. The monoisotopic (exact) mass is 286 g/mol. The first kappa shape index (κ1) is 14.1. The first-order valence-electron chi connectivity index (χ1n) is 7.39. The zero-order valence-electron chi connectivity index (χ0n) is 12.6. The number of aromatic nitrogens is 1. The lowest BCUT2D eigenvalue weighted by Gasteiger charge is -2.22. The summed E-state index contributed by atoms with van der Waals surface area (Å²) in [5.74, 6) is 7.21. The van der Waals surface area contributed by atoms with Gasteiger partial charge in [-0.15, -0.1) is 0 Å². The summed E-state index contributed by atoms with van der Waals surface area (Å²) >= 11 is 0. The fraction of sp³-hybridized carbons (Fsp3) is 0.438. The van der Waals surface area contributed by atoms with Gasteiger partial charge in [-0.1, -0.05) is 0 Å². The number of benzene rings is 1. The first-order chi connectivity index (χ1) is 10.2. The summed E-state index contributed by atoms with van der Waals surface area (Å²) in [5, 5.41) is 1.11. The Hall–Kier alpha value is -1.85. The molecule has 1 saturated heterocycles. The molecule has 0 bridgehead atoms. The second-order valence-corrected chi connectivity index (χ2v) is 5.66. The number of hydrazine groups is 1. The summed E-state index contributed by atoms with van der Waals surface area (Å²) in [5.41, 5.74) is 4.77. The fourth-order valence-corrected chi connectivity index (χ4v) is 3.01. The number of nitrogens with two attached hydrogens (primary N) is 1. The minimum atomic E-state index is 0.627. The van der Waals surface area contributed by atoms with Gasteiger partial charge in [0.1, 0.15) is 11.6 Å². The van der Waals surface area contributed by atoms with E-state index in [2.05, 4.69) is 28.3 Å².